The highest BCUT2D eigenvalue weighted by molar-refractivity contribution is 5.05. The fourth-order valence-electron chi connectivity index (χ4n) is 4.60. The number of rotatable bonds is 0. The first-order valence-electron chi connectivity index (χ1n) is 26.9. The van der Waals surface area contributed by atoms with E-state index in [2.05, 4.69) is 141 Å². The molecular weight excluding hydrogens is 1140 g/mol. The zero-order valence-corrected chi connectivity index (χ0v) is 52.8. The zero-order chi connectivity index (χ0) is 65.8. The fraction of sp³-hybridized carbons (Fsp3) is 0.213. The van der Waals surface area contributed by atoms with Gasteiger partial charge in [0.25, 0.3) is 0 Å². The van der Waals surface area contributed by atoms with Crippen LogP contribution in [0.15, 0.2) is 223 Å². The number of hydrogen-bond donors (Lipinski definition) is 0. The number of aryl methyl sites for hydroxylation is 13. The molecule has 0 aliphatic heterocycles. The molecule has 13 heterocycles. The Hall–Kier alpha value is -12.0. The standard InChI is InChI=1S/2C6H7N.6C5H6N2.4C4H5N3.C3H5N3/c1-6-3-2-4-7-5-6;1-6-4-2-3-5-7-6;1-5-2-6-4-7-3-5;1-5-4-6-2-3-7-5;1-5-2-3-6-4-7-5;1-5-2-3-6-7-4-5;1-5-6-3-2-4-7-5;1-5-3-2-4-6-7-5;1-4-6-2-5-3-7-4;1-4-2-6-7-3-5-4;1-4-2-5-3-6-7-4;1-4-5-2-3-6-7-4;1-6-3-4-2-5-6/h2*2-5H,1H3;6*2-4H,1H3;4*2-3H,1H3;2-3H,1H3. The smallest absolute Gasteiger partial charge is 0.147 e. The maximum absolute atomic E-state index is 3.98. The summed E-state index contributed by atoms with van der Waals surface area (Å²) in [5.41, 5.74) is 9.21. The Balaban J connectivity index is 0.000000488. The topological polar surface area (TPSA) is 366 Å². The first-order chi connectivity index (χ1) is 43.6. The highest BCUT2D eigenvalue weighted by Gasteiger charge is 1.82. The van der Waals surface area contributed by atoms with Gasteiger partial charge in [-0.15, -0.1) is 15.3 Å². The largest absolute Gasteiger partial charge is 0.264 e. The summed E-state index contributed by atoms with van der Waals surface area (Å²) in [5, 5.41) is 39.8. The minimum Gasteiger partial charge on any atom is -0.264 e. The van der Waals surface area contributed by atoms with Crippen molar-refractivity contribution in [2.24, 2.45) is 7.05 Å². The second kappa shape index (κ2) is 53.7. The van der Waals surface area contributed by atoms with E-state index >= 15 is 0 Å². The van der Waals surface area contributed by atoms with Gasteiger partial charge in [-0.3, -0.25) is 24.6 Å². The van der Waals surface area contributed by atoms with Gasteiger partial charge in [-0.05, 0) is 148 Å². The Labute approximate surface area is 524 Å². The molecule has 464 valence electrons. The number of aromatic nitrogens is 29. The highest BCUT2D eigenvalue weighted by atomic mass is 15.3. The molecule has 0 bridgehead atoms. The Morgan fingerprint density at radius 3 is 1.10 bits per heavy atom. The van der Waals surface area contributed by atoms with Crippen LogP contribution in [0.2, 0.25) is 0 Å². The summed E-state index contributed by atoms with van der Waals surface area (Å²) in [6.07, 6.45) is 42.6. The summed E-state index contributed by atoms with van der Waals surface area (Å²) in [6.45, 7) is 22.9. The third-order valence-corrected chi connectivity index (χ3v) is 8.84. The van der Waals surface area contributed by atoms with Crippen molar-refractivity contribution in [3.05, 3.63) is 291 Å². The van der Waals surface area contributed by atoms with Crippen LogP contribution < -0.4 is 0 Å². The van der Waals surface area contributed by atoms with Crippen molar-refractivity contribution in [2.45, 2.75) is 83.1 Å². The van der Waals surface area contributed by atoms with Crippen LogP contribution in [0, 0.1) is 83.1 Å². The Bertz CT molecular complexity index is 2720. The van der Waals surface area contributed by atoms with Crippen molar-refractivity contribution in [3.8, 4) is 0 Å². The highest BCUT2D eigenvalue weighted by Crippen LogP contribution is 1.90. The average molecular weight is 1210 g/mol. The van der Waals surface area contributed by atoms with Gasteiger partial charge in [0.05, 0.1) is 47.6 Å². The molecule has 0 aliphatic rings. The molecule has 0 amide bonds. The van der Waals surface area contributed by atoms with Crippen molar-refractivity contribution in [1.29, 1.82) is 0 Å². The van der Waals surface area contributed by atoms with E-state index in [0.29, 0.717) is 5.82 Å². The Morgan fingerprint density at radius 2 is 0.822 bits per heavy atom. The number of hydrogen-bond acceptors (Lipinski definition) is 28. The molecule has 0 aromatic carbocycles. The Morgan fingerprint density at radius 1 is 0.244 bits per heavy atom. The number of pyridine rings is 2. The average Bonchev–Trinajstić information content (AvgIpc) is 4.06. The molecular formula is C61H75N29. The van der Waals surface area contributed by atoms with Crippen molar-refractivity contribution in [2.75, 3.05) is 0 Å². The molecule has 0 radical (unpaired) electrons. The fourth-order valence-corrected chi connectivity index (χ4v) is 4.60. The molecule has 0 saturated heterocycles. The Kier molecular flexibility index (Phi) is 45.3. The van der Waals surface area contributed by atoms with Gasteiger partial charge in [-0.2, -0.15) is 40.8 Å². The van der Waals surface area contributed by atoms with Gasteiger partial charge in [-0.1, -0.05) is 12.1 Å². The van der Waals surface area contributed by atoms with Crippen molar-refractivity contribution in [1.82, 2.24) is 145 Å². The molecule has 0 fully saturated rings. The molecule has 13 rings (SSSR count). The van der Waals surface area contributed by atoms with Gasteiger partial charge in [0.1, 0.15) is 68.1 Å². The first kappa shape index (κ1) is 76.0. The van der Waals surface area contributed by atoms with Crippen LogP contribution in [0.4, 0.5) is 0 Å². The van der Waals surface area contributed by atoms with Gasteiger partial charge in [0.2, 0.25) is 0 Å². The summed E-state index contributed by atoms with van der Waals surface area (Å²) >= 11 is 0. The second-order valence-corrected chi connectivity index (χ2v) is 17.1. The lowest BCUT2D eigenvalue weighted by atomic mass is 10.3. The minimum absolute atomic E-state index is 0.711. The van der Waals surface area contributed by atoms with E-state index in [4.69, 9.17) is 0 Å². The number of nitrogens with zero attached hydrogens (tertiary/aromatic N) is 29. The quantitative estimate of drug-likeness (QED) is 0.139. The summed E-state index contributed by atoms with van der Waals surface area (Å²) in [5.74, 6) is 2.29. The van der Waals surface area contributed by atoms with Crippen molar-refractivity contribution >= 4 is 0 Å². The van der Waals surface area contributed by atoms with E-state index in [0.717, 1.165) is 56.9 Å². The van der Waals surface area contributed by atoms with E-state index in [1.165, 1.54) is 49.9 Å². The summed E-state index contributed by atoms with van der Waals surface area (Å²) in [6, 6.07) is 19.1. The van der Waals surface area contributed by atoms with E-state index in [1.54, 1.807) is 129 Å². The molecule has 0 spiro atoms. The van der Waals surface area contributed by atoms with Crippen molar-refractivity contribution < 1.29 is 0 Å². The van der Waals surface area contributed by atoms with Crippen LogP contribution >= 0.6 is 0 Å². The predicted octanol–water partition coefficient (Wildman–Crippen LogP) is 8.03. The van der Waals surface area contributed by atoms with Gasteiger partial charge >= 0.3 is 0 Å². The summed E-state index contributed by atoms with van der Waals surface area (Å²) in [7, 11) is 1.83. The van der Waals surface area contributed by atoms with Gasteiger partial charge in [0.15, 0.2) is 0 Å². The van der Waals surface area contributed by atoms with Crippen LogP contribution in [-0.2, 0) is 7.05 Å². The maximum atomic E-state index is 3.98. The monoisotopic (exact) mass is 1210 g/mol. The van der Waals surface area contributed by atoms with Crippen LogP contribution in [0.1, 0.15) is 68.3 Å². The van der Waals surface area contributed by atoms with E-state index in [9.17, 15) is 0 Å². The van der Waals surface area contributed by atoms with Gasteiger partial charge in [0, 0.05) is 105 Å². The lowest BCUT2D eigenvalue weighted by molar-refractivity contribution is 0.765. The molecule has 13 aromatic rings. The lowest BCUT2D eigenvalue weighted by Gasteiger charge is -1.82. The maximum Gasteiger partial charge on any atom is 0.147 e. The van der Waals surface area contributed by atoms with Crippen LogP contribution in [0.3, 0.4) is 0 Å². The molecule has 0 atom stereocenters. The molecule has 0 N–H and O–H groups in total. The zero-order valence-electron chi connectivity index (χ0n) is 52.8. The molecule has 29 nitrogen and oxygen atoms in total. The molecule has 29 heteroatoms. The van der Waals surface area contributed by atoms with Crippen LogP contribution in [-0.4, -0.2) is 145 Å². The lowest BCUT2D eigenvalue weighted by Crippen LogP contribution is -1.85. The van der Waals surface area contributed by atoms with Crippen LogP contribution in [0.25, 0.3) is 0 Å². The molecule has 13 aromatic heterocycles. The van der Waals surface area contributed by atoms with E-state index < -0.39 is 0 Å². The second-order valence-electron chi connectivity index (χ2n) is 17.1. The van der Waals surface area contributed by atoms with Crippen LogP contribution in [0.5, 0.6) is 0 Å². The molecule has 90 heavy (non-hydrogen) atoms. The third kappa shape index (κ3) is 51.6. The minimum atomic E-state index is 0.711. The predicted molar refractivity (Wildman–Crippen MR) is 338 cm³/mol. The first-order valence-corrected chi connectivity index (χ1v) is 26.9. The van der Waals surface area contributed by atoms with Gasteiger partial charge < -0.3 is 0 Å². The van der Waals surface area contributed by atoms with E-state index in [-0.39, 0.29) is 0 Å². The molecule has 0 saturated carbocycles. The normalized spacial score (nSPS) is 8.72. The molecule has 0 unspecified atom stereocenters. The summed E-state index contributed by atoms with van der Waals surface area (Å²) < 4.78 is 1.64. The third-order valence-electron chi connectivity index (χ3n) is 8.84. The van der Waals surface area contributed by atoms with Gasteiger partial charge in [-0.25, -0.2) is 64.8 Å². The summed E-state index contributed by atoms with van der Waals surface area (Å²) in [4.78, 5) is 64.6. The van der Waals surface area contributed by atoms with E-state index in [1.807, 2.05) is 144 Å². The molecule has 0 aliphatic carbocycles. The van der Waals surface area contributed by atoms with Crippen molar-refractivity contribution in [3.63, 3.8) is 0 Å². The SMILES string of the molecule is Cc1ccccn1.Cc1cccnc1.Cc1cccnn1.Cc1ccncn1.Cc1ccnnc1.Cc1cnccn1.Cc1cncnc1.Cc1cncnn1.Cc1cnncn1.Cc1ncccn1.Cc1nccnn1.Cc1ncncn1.Cn1cncn1.